The standard InChI is InChI=1S/C12H18N2/c1-9-7-11(8-9)14-10(2)12-5-3-4-6-13-12/h3-6,9-11,14H,7-8H2,1-2H3. The first-order valence-electron chi connectivity index (χ1n) is 5.42. The summed E-state index contributed by atoms with van der Waals surface area (Å²) >= 11 is 0. The molecule has 1 heterocycles. The molecule has 0 aliphatic heterocycles. The summed E-state index contributed by atoms with van der Waals surface area (Å²) in [4.78, 5) is 4.35. The molecular weight excluding hydrogens is 172 g/mol. The Morgan fingerprint density at radius 2 is 2.21 bits per heavy atom. The minimum Gasteiger partial charge on any atom is -0.306 e. The van der Waals surface area contributed by atoms with Crippen molar-refractivity contribution in [2.45, 2.75) is 38.8 Å². The number of rotatable bonds is 3. The van der Waals surface area contributed by atoms with Crippen LogP contribution in [0.2, 0.25) is 0 Å². The largest absolute Gasteiger partial charge is 0.306 e. The molecule has 1 saturated carbocycles. The minimum absolute atomic E-state index is 0.383. The molecular formula is C12H18N2. The molecule has 0 aromatic carbocycles. The minimum atomic E-state index is 0.383. The zero-order valence-electron chi connectivity index (χ0n) is 8.90. The van der Waals surface area contributed by atoms with Gasteiger partial charge in [0.25, 0.3) is 0 Å². The molecule has 0 spiro atoms. The molecule has 14 heavy (non-hydrogen) atoms. The van der Waals surface area contributed by atoms with Crippen molar-refractivity contribution in [2.75, 3.05) is 0 Å². The molecule has 0 saturated heterocycles. The van der Waals surface area contributed by atoms with Crippen LogP contribution in [-0.2, 0) is 0 Å². The zero-order valence-corrected chi connectivity index (χ0v) is 8.90. The van der Waals surface area contributed by atoms with Gasteiger partial charge in [-0.1, -0.05) is 13.0 Å². The Morgan fingerprint density at radius 3 is 2.79 bits per heavy atom. The lowest BCUT2D eigenvalue weighted by atomic mass is 9.81. The van der Waals surface area contributed by atoms with Crippen LogP contribution in [0.1, 0.15) is 38.4 Å². The van der Waals surface area contributed by atoms with E-state index in [1.54, 1.807) is 0 Å². The average Bonchev–Trinajstić information content (AvgIpc) is 2.17. The van der Waals surface area contributed by atoms with E-state index in [2.05, 4.69) is 30.2 Å². The van der Waals surface area contributed by atoms with E-state index in [-0.39, 0.29) is 0 Å². The van der Waals surface area contributed by atoms with Gasteiger partial charge in [-0.25, -0.2) is 0 Å². The van der Waals surface area contributed by atoms with Gasteiger partial charge < -0.3 is 5.32 Å². The Labute approximate surface area is 85.7 Å². The normalized spacial score (nSPS) is 28.1. The molecule has 0 radical (unpaired) electrons. The van der Waals surface area contributed by atoms with Crippen molar-refractivity contribution in [3.05, 3.63) is 30.1 Å². The number of pyridine rings is 1. The highest BCUT2D eigenvalue weighted by molar-refractivity contribution is 5.08. The second-order valence-electron chi connectivity index (χ2n) is 4.42. The van der Waals surface area contributed by atoms with Crippen LogP contribution in [0.15, 0.2) is 24.4 Å². The summed E-state index contributed by atoms with van der Waals surface area (Å²) in [6.07, 6.45) is 4.49. The third kappa shape index (κ3) is 2.13. The number of nitrogens with zero attached hydrogens (tertiary/aromatic N) is 1. The number of hydrogen-bond donors (Lipinski definition) is 1. The predicted molar refractivity (Wildman–Crippen MR) is 58.0 cm³/mol. The van der Waals surface area contributed by atoms with Gasteiger partial charge in [0, 0.05) is 18.3 Å². The van der Waals surface area contributed by atoms with Gasteiger partial charge in [-0.15, -0.1) is 0 Å². The van der Waals surface area contributed by atoms with Crippen molar-refractivity contribution in [3.8, 4) is 0 Å². The van der Waals surface area contributed by atoms with E-state index in [4.69, 9.17) is 0 Å². The fourth-order valence-corrected chi connectivity index (χ4v) is 2.11. The molecule has 1 aromatic heterocycles. The van der Waals surface area contributed by atoms with Crippen LogP contribution in [0.5, 0.6) is 0 Å². The SMILES string of the molecule is CC1CC(NC(C)c2ccccn2)C1. The summed E-state index contributed by atoms with van der Waals surface area (Å²) in [5, 5.41) is 3.60. The lowest BCUT2D eigenvalue weighted by Crippen LogP contribution is -2.41. The third-order valence-corrected chi connectivity index (χ3v) is 2.99. The van der Waals surface area contributed by atoms with Gasteiger partial charge >= 0.3 is 0 Å². The predicted octanol–water partition coefficient (Wildman–Crippen LogP) is 2.53. The van der Waals surface area contributed by atoms with Crippen molar-refractivity contribution < 1.29 is 0 Å². The maximum atomic E-state index is 4.35. The Bertz CT molecular complexity index is 278. The van der Waals surface area contributed by atoms with Crippen LogP contribution in [0.25, 0.3) is 0 Å². The highest BCUT2D eigenvalue weighted by Crippen LogP contribution is 2.28. The van der Waals surface area contributed by atoms with E-state index < -0.39 is 0 Å². The van der Waals surface area contributed by atoms with Crippen molar-refractivity contribution in [1.82, 2.24) is 10.3 Å². The van der Waals surface area contributed by atoms with Gasteiger partial charge in [-0.05, 0) is 37.8 Å². The first-order chi connectivity index (χ1) is 6.75. The molecule has 76 valence electrons. The molecule has 2 heteroatoms. The molecule has 1 fully saturated rings. The highest BCUT2D eigenvalue weighted by atomic mass is 15.0. The third-order valence-electron chi connectivity index (χ3n) is 2.99. The van der Waals surface area contributed by atoms with Crippen molar-refractivity contribution in [2.24, 2.45) is 5.92 Å². The first-order valence-corrected chi connectivity index (χ1v) is 5.42. The van der Waals surface area contributed by atoms with E-state index in [0.717, 1.165) is 11.6 Å². The molecule has 2 rings (SSSR count). The lowest BCUT2D eigenvalue weighted by molar-refractivity contribution is 0.225. The lowest BCUT2D eigenvalue weighted by Gasteiger charge is -2.35. The number of nitrogens with one attached hydrogen (secondary N) is 1. The summed E-state index contributed by atoms with van der Waals surface area (Å²) in [7, 11) is 0. The molecule has 1 aliphatic carbocycles. The van der Waals surface area contributed by atoms with Crippen LogP contribution in [-0.4, -0.2) is 11.0 Å². The average molecular weight is 190 g/mol. The summed E-state index contributed by atoms with van der Waals surface area (Å²) < 4.78 is 0. The van der Waals surface area contributed by atoms with Crippen molar-refractivity contribution >= 4 is 0 Å². The van der Waals surface area contributed by atoms with Gasteiger partial charge in [0.05, 0.1) is 5.69 Å². The van der Waals surface area contributed by atoms with Gasteiger partial charge in [-0.3, -0.25) is 4.98 Å². The smallest absolute Gasteiger partial charge is 0.0570 e. The van der Waals surface area contributed by atoms with E-state index in [9.17, 15) is 0 Å². The molecule has 1 N–H and O–H groups in total. The maximum absolute atomic E-state index is 4.35. The summed E-state index contributed by atoms with van der Waals surface area (Å²) in [6.45, 7) is 4.49. The Balaban J connectivity index is 1.87. The second kappa shape index (κ2) is 4.09. The van der Waals surface area contributed by atoms with Crippen molar-refractivity contribution in [3.63, 3.8) is 0 Å². The fourth-order valence-electron chi connectivity index (χ4n) is 2.11. The van der Waals surface area contributed by atoms with Crippen LogP contribution in [0.3, 0.4) is 0 Å². The Kier molecular flexibility index (Phi) is 2.82. The second-order valence-corrected chi connectivity index (χ2v) is 4.42. The van der Waals surface area contributed by atoms with Crippen molar-refractivity contribution in [1.29, 1.82) is 0 Å². The Morgan fingerprint density at radius 1 is 1.43 bits per heavy atom. The highest BCUT2D eigenvalue weighted by Gasteiger charge is 2.26. The monoisotopic (exact) mass is 190 g/mol. The zero-order chi connectivity index (χ0) is 9.97. The van der Waals surface area contributed by atoms with E-state index in [0.29, 0.717) is 12.1 Å². The quantitative estimate of drug-likeness (QED) is 0.792. The summed E-state index contributed by atoms with van der Waals surface area (Å²) in [5.74, 6) is 0.906. The number of hydrogen-bond acceptors (Lipinski definition) is 2. The van der Waals surface area contributed by atoms with Gasteiger partial charge in [-0.2, -0.15) is 0 Å². The topological polar surface area (TPSA) is 24.9 Å². The fraction of sp³-hybridized carbons (Fsp3) is 0.583. The molecule has 1 unspecified atom stereocenters. The van der Waals surface area contributed by atoms with Crippen LogP contribution < -0.4 is 5.32 Å². The van der Waals surface area contributed by atoms with Crippen LogP contribution in [0.4, 0.5) is 0 Å². The molecule has 2 nitrogen and oxygen atoms in total. The van der Waals surface area contributed by atoms with E-state index >= 15 is 0 Å². The Hall–Kier alpha value is -0.890. The summed E-state index contributed by atoms with van der Waals surface area (Å²) in [5.41, 5.74) is 1.15. The van der Waals surface area contributed by atoms with E-state index in [1.165, 1.54) is 12.8 Å². The van der Waals surface area contributed by atoms with Gasteiger partial charge in [0.2, 0.25) is 0 Å². The molecule has 1 aliphatic rings. The molecule has 0 amide bonds. The molecule has 1 aromatic rings. The summed E-state index contributed by atoms with van der Waals surface area (Å²) in [6, 6.07) is 7.18. The molecule has 1 atom stereocenters. The van der Waals surface area contributed by atoms with Crippen LogP contribution >= 0.6 is 0 Å². The van der Waals surface area contributed by atoms with E-state index in [1.807, 2.05) is 18.3 Å². The maximum Gasteiger partial charge on any atom is 0.0570 e. The van der Waals surface area contributed by atoms with Gasteiger partial charge in [0.1, 0.15) is 0 Å². The molecule has 0 bridgehead atoms. The van der Waals surface area contributed by atoms with Crippen LogP contribution in [0, 0.1) is 5.92 Å². The first kappa shape index (κ1) is 9.66. The number of aromatic nitrogens is 1. The van der Waals surface area contributed by atoms with Gasteiger partial charge in [0.15, 0.2) is 0 Å².